The number of nitrogens with zero attached hydrogens (tertiary/aromatic N) is 2. The van der Waals surface area contributed by atoms with Crippen molar-refractivity contribution < 1.29 is 27.8 Å². The maximum atomic E-state index is 13.8. The van der Waals surface area contributed by atoms with Gasteiger partial charge >= 0.3 is 5.97 Å². The highest BCUT2D eigenvalue weighted by atomic mass is 19.1. The highest BCUT2D eigenvalue weighted by Gasteiger charge is 2.31. The van der Waals surface area contributed by atoms with E-state index in [2.05, 4.69) is 4.98 Å². The molecule has 0 amide bonds. The van der Waals surface area contributed by atoms with Crippen LogP contribution in [0, 0.1) is 24.5 Å². The summed E-state index contributed by atoms with van der Waals surface area (Å²) in [7, 11) is 0. The standard InChI is InChI=1S/C21H18F2N2O4/c1-12-19(17(26)10-13-7-9-28-21(13)27)25-8-3-6-18(20(25)24-12)29-11-14-15(22)4-2-5-16(14)23/h2-6,8,13H,7,9-11H2,1H3/t13-/m0/s1. The molecule has 1 saturated heterocycles. The number of fused-ring (bicyclic) bond motifs is 1. The molecule has 6 nitrogen and oxygen atoms in total. The molecule has 4 rings (SSSR count). The summed E-state index contributed by atoms with van der Waals surface area (Å²) in [6, 6.07) is 6.87. The van der Waals surface area contributed by atoms with E-state index in [1.807, 2.05) is 0 Å². The molecule has 3 heterocycles. The van der Waals surface area contributed by atoms with Crippen molar-refractivity contribution in [2.75, 3.05) is 6.61 Å². The van der Waals surface area contributed by atoms with E-state index in [9.17, 15) is 18.4 Å². The molecular weight excluding hydrogens is 382 g/mol. The van der Waals surface area contributed by atoms with Gasteiger partial charge in [-0.05, 0) is 37.6 Å². The number of ketones is 1. The molecule has 1 aromatic carbocycles. The van der Waals surface area contributed by atoms with E-state index >= 15 is 0 Å². The van der Waals surface area contributed by atoms with Gasteiger partial charge in [-0.25, -0.2) is 13.8 Å². The second kappa shape index (κ2) is 7.62. The molecule has 8 heteroatoms. The van der Waals surface area contributed by atoms with E-state index in [1.54, 1.807) is 29.7 Å². The van der Waals surface area contributed by atoms with Gasteiger partial charge in [-0.15, -0.1) is 0 Å². The molecule has 0 saturated carbocycles. The predicted molar refractivity (Wildman–Crippen MR) is 98.6 cm³/mol. The fraction of sp³-hybridized carbons (Fsp3) is 0.286. The Bertz CT molecular complexity index is 1090. The second-order valence-corrected chi connectivity index (χ2v) is 6.88. The number of hydrogen-bond donors (Lipinski definition) is 0. The first-order valence-corrected chi connectivity index (χ1v) is 9.19. The molecule has 1 aliphatic rings. The average Bonchev–Trinajstić information content (AvgIpc) is 3.23. The van der Waals surface area contributed by atoms with Crippen LogP contribution in [0.3, 0.4) is 0 Å². The number of esters is 1. The van der Waals surface area contributed by atoms with E-state index in [0.29, 0.717) is 30.1 Å². The first-order valence-electron chi connectivity index (χ1n) is 9.19. The molecule has 0 radical (unpaired) electrons. The van der Waals surface area contributed by atoms with E-state index in [-0.39, 0.29) is 36.1 Å². The summed E-state index contributed by atoms with van der Waals surface area (Å²) in [5, 5.41) is 0. The van der Waals surface area contributed by atoms with Crippen LogP contribution in [0.4, 0.5) is 8.78 Å². The van der Waals surface area contributed by atoms with Crippen molar-refractivity contribution in [3.8, 4) is 5.75 Å². The summed E-state index contributed by atoms with van der Waals surface area (Å²) in [5.41, 5.74) is 1.00. The van der Waals surface area contributed by atoms with E-state index < -0.39 is 17.6 Å². The van der Waals surface area contributed by atoms with Crippen LogP contribution in [0.5, 0.6) is 5.75 Å². The Balaban J connectivity index is 1.62. The lowest BCUT2D eigenvalue weighted by Gasteiger charge is -2.10. The third-order valence-corrected chi connectivity index (χ3v) is 4.96. The number of carbonyl (C=O) groups excluding carboxylic acids is 2. The Morgan fingerprint density at radius 2 is 2.03 bits per heavy atom. The predicted octanol–water partition coefficient (Wildman–Crippen LogP) is 3.64. The largest absolute Gasteiger partial charge is 0.485 e. The molecule has 0 aliphatic carbocycles. The van der Waals surface area contributed by atoms with Crippen LogP contribution >= 0.6 is 0 Å². The molecule has 2 aromatic heterocycles. The molecule has 0 spiro atoms. The van der Waals surface area contributed by atoms with Gasteiger partial charge in [0.05, 0.1) is 23.8 Å². The van der Waals surface area contributed by atoms with Crippen LogP contribution in [0.15, 0.2) is 36.5 Å². The van der Waals surface area contributed by atoms with Gasteiger partial charge in [0.25, 0.3) is 0 Å². The summed E-state index contributed by atoms with van der Waals surface area (Å²) < 4.78 is 39.8. The van der Waals surface area contributed by atoms with Gasteiger partial charge < -0.3 is 9.47 Å². The topological polar surface area (TPSA) is 69.9 Å². The monoisotopic (exact) mass is 400 g/mol. The number of benzene rings is 1. The van der Waals surface area contributed by atoms with E-state index in [4.69, 9.17) is 9.47 Å². The van der Waals surface area contributed by atoms with Crippen LogP contribution in [-0.4, -0.2) is 27.7 Å². The fourth-order valence-electron chi connectivity index (χ4n) is 3.47. The highest BCUT2D eigenvalue weighted by molar-refractivity contribution is 5.98. The number of pyridine rings is 1. The first kappa shape index (κ1) is 19.0. The van der Waals surface area contributed by atoms with Crippen LogP contribution in [0.2, 0.25) is 0 Å². The summed E-state index contributed by atoms with van der Waals surface area (Å²) in [4.78, 5) is 28.9. The summed E-state index contributed by atoms with van der Waals surface area (Å²) >= 11 is 0. The van der Waals surface area contributed by atoms with Gasteiger partial charge in [0, 0.05) is 12.6 Å². The van der Waals surface area contributed by atoms with Gasteiger partial charge in [-0.2, -0.15) is 0 Å². The van der Waals surface area contributed by atoms with Crippen molar-refractivity contribution in [1.29, 1.82) is 0 Å². The molecule has 0 N–H and O–H groups in total. The molecule has 1 fully saturated rings. The maximum absolute atomic E-state index is 13.8. The Labute approximate surface area is 165 Å². The summed E-state index contributed by atoms with van der Waals surface area (Å²) in [6.07, 6.45) is 2.22. The molecule has 1 atom stereocenters. The number of halogens is 2. The molecule has 29 heavy (non-hydrogen) atoms. The number of hydrogen-bond acceptors (Lipinski definition) is 5. The van der Waals surface area contributed by atoms with Crippen LogP contribution in [-0.2, 0) is 16.1 Å². The van der Waals surface area contributed by atoms with Crippen molar-refractivity contribution in [2.45, 2.75) is 26.4 Å². The average molecular weight is 400 g/mol. The van der Waals surface area contributed by atoms with Crippen molar-refractivity contribution in [1.82, 2.24) is 9.38 Å². The van der Waals surface area contributed by atoms with Gasteiger partial charge in [-0.1, -0.05) is 6.07 Å². The van der Waals surface area contributed by atoms with Crippen molar-refractivity contribution in [2.24, 2.45) is 5.92 Å². The van der Waals surface area contributed by atoms with E-state index in [1.165, 1.54) is 6.07 Å². The Morgan fingerprint density at radius 1 is 1.28 bits per heavy atom. The van der Waals surface area contributed by atoms with Gasteiger partial charge in [0.2, 0.25) is 0 Å². The smallest absolute Gasteiger partial charge is 0.309 e. The Hall–Kier alpha value is -3.29. The number of imidazole rings is 1. The highest BCUT2D eigenvalue weighted by Crippen LogP contribution is 2.27. The fourth-order valence-corrected chi connectivity index (χ4v) is 3.47. The minimum atomic E-state index is -0.698. The zero-order valence-electron chi connectivity index (χ0n) is 15.7. The minimum absolute atomic E-state index is 0.0407. The molecule has 150 valence electrons. The van der Waals surface area contributed by atoms with Gasteiger partial charge in [0.1, 0.15) is 23.9 Å². The number of cyclic esters (lactones) is 1. The molecule has 3 aromatic rings. The number of carbonyl (C=O) groups is 2. The van der Waals surface area contributed by atoms with E-state index in [0.717, 1.165) is 12.1 Å². The molecule has 0 bridgehead atoms. The number of rotatable bonds is 6. The Morgan fingerprint density at radius 3 is 2.72 bits per heavy atom. The first-order chi connectivity index (χ1) is 14.0. The quantitative estimate of drug-likeness (QED) is 0.467. The lowest BCUT2D eigenvalue weighted by atomic mass is 9.99. The SMILES string of the molecule is Cc1nc2c(OCc3c(F)cccc3F)cccn2c1C(=O)C[C@@H]1CCOC1=O. The number of aryl methyl sites for hydroxylation is 1. The zero-order chi connectivity index (χ0) is 20.5. The number of ether oxygens (including phenoxy) is 2. The number of aromatic nitrogens is 2. The molecule has 1 aliphatic heterocycles. The van der Waals surface area contributed by atoms with Gasteiger partial charge in [-0.3, -0.25) is 14.0 Å². The van der Waals surface area contributed by atoms with Crippen LogP contribution in [0.1, 0.15) is 34.6 Å². The van der Waals surface area contributed by atoms with Crippen molar-refractivity contribution in [3.05, 3.63) is 65.1 Å². The van der Waals surface area contributed by atoms with Crippen molar-refractivity contribution in [3.63, 3.8) is 0 Å². The maximum Gasteiger partial charge on any atom is 0.309 e. The van der Waals surface area contributed by atoms with Crippen molar-refractivity contribution >= 4 is 17.4 Å². The lowest BCUT2D eigenvalue weighted by Crippen LogP contribution is -2.15. The third kappa shape index (κ3) is 3.57. The van der Waals surface area contributed by atoms with Gasteiger partial charge in [0.15, 0.2) is 17.2 Å². The molecule has 0 unspecified atom stereocenters. The number of Topliss-reactive ketones (excluding diaryl/α,β-unsaturated/α-hetero) is 1. The molecular formula is C21H18F2N2O4. The zero-order valence-corrected chi connectivity index (χ0v) is 15.7. The third-order valence-electron chi connectivity index (χ3n) is 4.96. The summed E-state index contributed by atoms with van der Waals surface area (Å²) in [5.74, 6) is -2.14. The van der Waals surface area contributed by atoms with Crippen LogP contribution < -0.4 is 4.74 Å². The summed E-state index contributed by atoms with van der Waals surface area (Å²) in [6.45, 7) is 1.70. The Kier molecular flexibility index (Phi) is 5.00. The normalized spacial score (nSPS) is 16.2. The second-order valence-electron chi connectivity index (χ2n) is 6.88. The lowest BCUT2D eigenvalue weighted by molar-refractivity contribution is -0.141. The minimum Gasteiger partial charge on any atom is -0.485 e. The van der Waals surface area contributed by atoms with Crippen LogP contribution in [0.25, 0.3) is 5.65 Å².